The second-order valence-corrected chi connectivity index (χ2v) is 3.83. The van der Waals surface area contributed by atoms with Crippen molar-refractivity contribution in [3.05, 3.63) is 0 Å². The predicted octanol–water partition coefficient (Wildman–Crippen LogP) is 0.454. The Bertz CT molecular complexity index is 212. The fourth-order valence-electron chi connectivity index (χ4n) is 1.92. The summed E-state index contributed by atoms with van der Waals surface area (Å²) in [4.78, 5) is 11.0. The monoisotopic (exact) mass is 204 g/mol. The molecule has 0 spiro atoms. The maximum absolute atomic E-state index is 11.0. The maximum atomic E-state index is 11.0. The number of halogens is 1. The zero-order chi connectivity index (χ0) is 9.26. The molecule has 2 aliphatic rings. The van der Waals surface area contributed by atoms with Crippen molar-refractivity contribution in [1.82, 2.24) is 10.6 Å². The van der Waals surface area contributed by atoms with Crippen molar-refractivity contribution < 1.29 is 9.53 Å². The lowest BCUT2D eigenvalue weighted by atomic mass is 10.0. The predicted molar refractivity (Wildman–Crippen MR) is 48.9 cm³/mol. The number of carbonyl (C=O) groups is 1. The Kier molecular flexibility index (Phi) is 2.60. The molecule has 2 amide bonds. The number of rotatable bonds is 3. The third-order valence-corrected chi connectivity index (χ3v) is 2.83. The number of urea groups is 1. The molecule has 3 atom stereocenters. The van der Waals surface area contributed by atoms with E-state index in [-0.39, 0.29) is 24.2 Å². The van der Waals surface area contributed by atoms with Crippen molar-refractivity contribution in [2.75, 3.05) is 12.5 Å². The normalized spacial score (nSPS) is 37.0. The molecular formula is C8H13ClN2O2. The first-order valence-electron chi connectivity index (χ1n) is 4.56. The summed E-state index contributed by atoms with van der Waals surface area (Å²) < 4.78 is 5.53. The average molecular weight is 205 g/mol. The maximum Gasteiger partial charge on any atom is 0.315 e. The minimum Gasteiger partial charge on any atom is -0.374 e. The van der Waals surface area contributed by atoms with Crippen LogP contribution in [0.4, 0.5) is 4.79 Å². The van der Waals surface area contributed by atoms with Crippen LogP contribution in [0.2, 0.25) is 0 Å². The van der Waals surface area contributed by atoms with Crippen molar-refractivity contribution in [3.63, 3.8) is 0 Å². The van der Waals surface area contributed by atoms with Gasteiger partial charge < -0.3 is 15.4 Å². The number of nitrogens with one attached hydrogen (secondary N) is 2. The van der Waals surface area contributed by atoms with E-state index in [0.717, 1.165) is 12.8 Å². The molecule has 2 heterocycles. The highest BCUT2D eigenvalue weighted by molar-refractivity contribution is 6.17. The van der Waals surface area contributed by atoms with Crippen molar-refractivity contribution >= 4 is 17.6 Å². The molecular weight excluding hydrogens is 192 g/mol. The first-order valence-corrected chi connectivity index (χ1v) is 5.09. The van der Waals surface area contributed by atoms with Gasteiger partial charge >= 0.3 is 6.03 Å². The number of hydrogen-bond donors (Lipinski definition) is 2. The van der Waals surface area contributed by atoms with Gasteiger partial charge in [0.15, 0.2) is 0 Å². The van der Waals surface area contributed by atoms with Crippen molar-refractivity contribution in [3.8, 4) is 0 Å². The van der Waals surface area contributed by atoms with Gasteiger partial charge in [0.2, 0.25) is 0 Å². The number of alkyl halides is 1. The zero-order valence-electron chi connectivity index (χ0n) is 7.25. The summed E-state index contributed by atoms with van der Waals surface area (Å²) in [6.45, 7) is 0.621. The molecule has 0 saturated carbocycles. The van der Waals surface area contributed by atoms with E-state index in [1.165, 1.54) is 0 Å². The topological polar surface area (TPSA) is 50.4 Å². The van der Waals surface area contributed by atoms with E-state index in [1.807, 2.05) is 0 Å². The number of carbonyl (C=O) groups excluding carboxylic acids is 1. The first-order chi connectivity index (χ1) is 6.31. The Morgan fingerprint density at radius 2 is 2.38 bits per heavy atom. The first kappa shape index (κ1) is 9.09. The summed E-state index contributed by atoms with van der Waals surface area (Å²) in [7, 11) is 0. The molecule has 74 valence electrons. The number of fused-ring (bicyclic) bond motifs is 1. The molecule has 0 radical (unpaired) electrons. The lowest BCUT2D eigenvalue weighted by Gasteiger charge is -2.15. The highest BCUT2D eigenvalue weighted by Crippen LogP contribution is 2.21. The van der Waals surface area contributed by atoms with E-state index >= 15 is 0 Å². The van der Waals surface area contributed by atoms with E-state index in [1.54, 1.807) is 0 Å². The molecule has 2 N–H and O–H groups in total. The molecule has 0 aromatic rings. The Morgan fingerprint density at radius 1 is 1.54 bits per heavy atom. The molecule has 4 nitrogen and oxygen atoms in total. The molecule has 0 aromatic carbocycles. The van der Waals surface area contributed by atoms with Gasteiger partial charge in [0, 0.05) is 5.88 Å². The van der Waals surface area contributed by atoms with Crippen LogP contribution in [0.5, 0.6) is 0 Å². The van der Waals surface area contributed by atoms with Crippen LogP contribution < -0.4 is 10.6 Å². The summed E-state index contributed by atoms with van der Waals surface area (Å²) in [5.74, 6) is 0.651. The number of ether oxygens (including phenoxy) is 1. The van der Waals surface area contributed by atoms with Crippen molar-refractivity contribution in [2.45, 2.75) is 31.0 Å². The molecule has 2 fully saturated rings. The van der Waals surface area contributed by atoms with Gasteiger partial charge in [0.1, 0.15) is 0 Å². The third kappa shape index (κ3) is 1.74. The largest absolute Gasteiger partial charge is 0.374 e. The number of amides is 2. The van der Waals surface area contributed by atoms with Crippen molar-refractivity contribution in [1.29, 1.82) is 0 Å². The molecule has 0 aliphatic carbocycles. The van der Waals surface area contributed by atoms with Crippen LogP contribution in [-0.2, 0) is 4.74 Å². The van der Waals surface area contributed by atoms with E-state index in [9.17, 15) is 4.79 Å². The second kappa shape index (κ2) is 3.72. The van der Waals surface area contributed by atoms with Crippen LogP contribution in [-0.4, -0.2) is 36.7 Å². The quantitative estimate of drug-likeness (QED) is 0.656. The number of hydrogen-bond acceptors (Lipinski definition) is 2. The average Bonchev–Trinajstić information content (AvgIpc) is 2.61. The fourth-order valence-corrected chi connectivity index (χ4v) is 2.08. The summed E-state index contributed by atoms with van der Waals surface area (Å²) in [6.07, 6.45) is 2.00. The van der Waals surface area contributed by atoms with Gasteiger partial charge in [-0.2, -0.15) is 0 Å². The highest BCUT2D eigenvalue weighted by atomic mass is 35.5. The summed E-state index contributed by atoms with van der Waals surface area (Å²) >= 11 is 5.59. The van der Waals surface area contributed by atoms with Crippen LogP contribution in [0.3, 0.4) is 0 Å². The Hall–Kier alpha value is -0.480. The van der Waals surface area contributed by atoms with Crippen LogP contribution in [0, 0.1) is 0 Å². The molecule has 2 aliphatic heterocycles. The minimum atomic E-state index is -0.0748. The Balaban J connectivity index is 1.89. The molecule has 13 heavy (non-hydrogen) atoms. The Labute approximate surface area is 82.0 Å². The van der Waals surface area contributed by atoms with Gasteiger partial charge in [-0.3, -0.25) is 0 Å². The van der Waals surface area contributed by atoms with Crippen LogP contribution in [0.25, 0.3) is 0 Å². The van der Waals surface area contributed by atoms with Gasteiger partial charge in [-0.25, -0.2) is 4.79 Å². The Morgan fingerprint density at radius 3 is 3.15 bits per heavy atom. The second-order valence-electron chi connectivity index (χ2n) is 3.45. The summed E-state index contributed by atoms with van der Waals surface area (Å²) in [5, 5.41) is 5.67. The van der Waals surface area contributed by atoms with Crippen LogP contribution in [0.1, 0.15) is 12.8 Å². The fraction of sp³-hybridized carbons (Fsp3) is 0.875. The van der Waals surface area contributed by atoms with Gasteiger partial charge in [-0.1, -0.05) is 0 Å². The highest BCUT2D eigenvalue weighted by Gasteiger charge is 2.42. The zero-order valence-corrected chi connectivity index (χ0v) is 8.01. The SMILES string of the molecule is O=C1NC2COC(CCCCl)C2N1. The molecule has 2 rings (SSSR count). The van der Waals surface area contributed by atoms with Crippen LogP contribution in [0.15, 0.2) is 0 Å². The summed E-state index contributed by atoms with van der Waals surface area (Å²) in [5.41, 5.74) is 0. The molecule has 3 unspecified atom stereocenters. The van der Waals surface area contributed by atoms with E-state index in [0.29, 0.717) is 12.5 Å². The molecule has 0 bridgehead atoms. The molecule has 5 heteroatoms. The minimum absolute atomic E-state index is 0.0748. The van der Waals surface area contributed by atoms with Gasteiger partial charge in [-0.05, 0) is 12.8 Å². The van der Waals surface area contributed by atoms with Crippen molar-refractivity contribution in [2.24, 2.45) is 0 Å². The van der Waals surface area contributed by atoms with Gasteiger partial charge in [0.25, 0.3) is 0 Å². The lowest BCUT2D eigenvalue weighted by molar-refractivity contribution is 0.0892. The smallest absolute Gasteiger partial charge is 0.315 e. The van der Waals surface area contributed by atoms with Gasteiger partial charge in [0.05, 0.1) is 24.8 Å². The standard InChI is InChI=1S/C8H13ClN2O2/c9-3-1-2-6-7-5(4-13-6)10-8(12)11-7/h5-7H,1-4H2,(H2,10,11,12). The lowest BCUT2D eigenvalue weighted by Crippen LogP contribution is -2.37. The van der Waals surface area contributed by atoms with E-state index in [4.69, 9.17) is 16.3 Å². The molecule has 2 saturated heterocycles. The van der Waals surface area contributed by atoms with E-state index < -0.39 is 0 Å². The van der Waals surface area contributed by atoms with E-state index in [2.05, 4.69) is 10.6 Å². The summed E-state index contributed by atoms with van der Waals surface area (Å²) in [6, 6.07) is 0.234. The molecule has 0 aromatic heterocycles. The third-order valence-electron chi connectivity index (χ3n) is 2.56. The van der Waals surface area contributed by atoms with Crippen LogP contribution >= 0.6 is 11.6 Å². The van der Waals surface area contributed by atoms with Gasteiger partial charge in [-0.15, -0.1) is 11.6 Å².